The smallest absolute Gasteiger partial charge is 0.121 e. The van der Waals surface area contributed by atoms with Crippen molar-refractivity contribution in [2.24, 2.45) is 0 Å². The van der Waals surface area contributed by atoms with Gasteiger partial charge in [-0.15, -0.1) is 0 Å². The summed E-state index contributed by atoms with van der Waals surface area (Å²) in [5, 5.41) is 0. The third-order valence-corrected chi connectivity index (χ3v) is 0.811. The number of methoxy groups -OCH3 is 1. The maximum atomic E-state index is 12.3. The van der Waals surface area contributed by atoms with Gasteiger partial charge in [0.1, 0.15) is 12.5 Å². The van der Waals surface area contributed by atoms with Gasteiger partial charge in [0.25, 0.3) is 0 Å². The quantitative estimate of drug-likeness (QED) is 0.554. The Labute approximate surface area is 59.0 Å². The van der Waals surface area contributed by atoms with E-state index < -0.39 is 12.5 Å². The van der Waals surface area contributed by atoms with Crippen LogP contribution in [0.25, 0.3) is 0 Å². The summed E-state index contributed by atoms with van der Waals surface area (Å²) in [5.74, 6) is -0.473. The fourth-order valence-electron chi connectivity index (χ4n) is 0.388. The molecule has 0 aromatic carbocycles. The highest BCUT2D eigenvalue weighted by Crippen LogP contribution is 1.97. The Morgan fingerprint density at radius 3 is 2.80 bits per heavy atom. The monoisotopic (exact) mass is 148 g/mol. The number of ether oxygens (including phenoxy) is 1. The Morgan fingerprint density at radius 2 is 2.30 bits per heavy atom. The molecule has 0 heterocycles. The molecule has 0 aliphatic heterocycles. The normalized spacial score (nSPS) is 12.9. The number of hydrogen-bond donors (Lipinski definition) is 0. The van der Waals surface area contributed by atoms with Gasteiger partial charge in [0.2, 0.25) is 0 Å². The first-order valence-corrected chi connectivity index (χ1v) is 2.88. The van der Waals surface area contributed by atoms with E-state index >= 15 is 0 Å². The molecule has 0 atom stereocenters. The van der Waals surface area contributed by atoms with Crippen LogP contribution in [0.5, 0.6) is 0 Å². The van der Waals surface area contributed by atoms with E-state index in [1.54, 1.807) is 0 Å². The number of rotatable bonds is 4. The van der Waals surface area contributed by atoms with Gasteiger partial charge in [0.05, 0.1) is 6.61 Å². The summed E-state index contributed by atoms with van der Waals surface area (Å²) in [6, 6.07) is 0. The van der Waals surface area contributed by atoms with Gasteiger partial charge in [-0.1, -0.05) is 6.08 Å². The van der Waals surface area contributed by atoms with Crippen LogP contribution >= 0.6 is 0 Å². The average molecular weight is 148 g/mol. The molecule has 58 valence electrons. The molecular formula is C7H10F2O. The highest BCUT2D eigenvalue weighted by atomic mass is 19.1. The van der Waals surface area contributed by atoms with Crippen LogP contribution in [0.4, 0.5) is 8.78 Å². The summed E-state index contributed by atoms with van der Waals surface area (Å²) in [5.41, 5.74) is 0. The van der Waals surface area contributed by atoms with E-state index in [0.29, 0.717) is 0 Å². The number of allylic oxidation sites excluding steroid dienone is 3. The zero-order valence-corrected chi connectivity index (χ0v) is 5.81. The molecule has 0 fully saturated rings. The third-order valence-electron chi connectivity index (χ3n) is 0.811. The van der Waals surface area contributed by atoms with E-state index in [0.717, 1.165) is 12.2 Å². The van der Waals surface area contributed by atoms with E-state index in [1.807, 2.05) is 0 Å². The van der Waals surface area contributed by atoms with Crippen LogP contribution in [0.15, 0.2) is 24.1 Å². The van der Waals surface area contributed by atoms with E-state index in [9.17, 15) is 8.78 Å². The predicted molar refractivity (Wildman–Crippen MR) is 36.2 cm³/mol. The molecule has 0 N–H and O–H groups in total. The van der Waals surface area contributed by atoms with Crippen LogP contribution in [0.2, 0.25) is 0 Å². The van der Waals surface area contributed by atoms with Gasteiger partial charge in [-0.3, -0.25) is 0 Å². The summed E-state index contributed by atoms with van der Waals surface area (Å²) < 4.78 is 28.2. The largest absolute Gasteiger partial charge is 0.381 e. The van der Waals surface area contributed by atoms with Gasteiger partial charge in [-0.05, 0) is 12.2 Å². The Kier molecular flexibility index (Phi) is 5.97. The van der Waals surface area contributed by atoms with E-state index in [1.165, 1.54) is 13.2 Å². The van der Waals surface area contributed by atoms with Gasteiger partial charge >= 0.3 is 0 Å². The Hall–Kier alpha value is -0.700. The third kappa shape index (κ3) is 5.44. The summed E-state index contributed by atoms with van der Waals surface area (Å²) in [6.45, 7) is -0.434. The lowest BCUT2D eigenvalue weighted by Crippen LogP contribution is -1.81. The van der Waals surface area contributed by atoms with Crippen molar-refractivity contribution in [2.75, 3.05) is 20.4 Å². The molecule has 0 aromatic heterocycles. The average Bonchev–Trinajstić information content (AvgIpc) is 1.97. The highest BCUT2D eigenvalue weighted by molar-refractivity contribution is 5.10. The molecule has 0 saturated carbocycles. The SMILES string of the molecule is COC/C=C(F)\C=C/CF. The summed E-state index contributed by atoms with van der Waals surface area (Å²) in [4.78, 5) is 0. The highest BCUT2D eigenvalue weighted by Gasteiger charge is 1.84. The molecule has 0 bridgehead atoms. The molecule has 0 amide bonds. The van der Waals surface area contributed by atoms with Crippen LogP contribution in [0, 0.1) is 0 Å². The summed E-state index contributed by atoms with van der Waals surface area (Å²) in [6.07, 6.45) is 3.40. The van der Waals surface area contributed by atoms with Gasteiger partial charge < -0.3 is 4.74 Å². The molecular weight excluding hydrogens is 138 g/mol. The first-order chi connectivity index (χ1) is 4.81. The molecule has 0 radical (unpaired) electrons. The van der Waals surface area contributed by atoms with Crippen molar-refractivity contribution in [3.63, 3.8) is 0 Å². The molecule has 0 rings (SSSR count). The predicted octanol–water partition coefficient (Wildman–Crippen LogP) is 2.01. The Bertz CT molecular complexity index is 130. The van der Waals surface area contributed by atoms with Crippen molar-refractivity contribution in [1.29, 1.82) is 0 Å². The Morgan fingerprint density at radius 1 is 1.60 bits per heavy atom. The lowest BCUT2D eigenvalue weighted by molar-refractivity contribution is 0.232. The second-order valence-corrected chi connectivity index (χ2v) is 1.60. The second kappa shape index (κ2) is 6.42. The zero-order chi connectivity index (χ0) is 7.82. The minimum atomic E-state index is -0.645. The molecule has 0 unspecified atom stereocenters. The van der Waals surface area contributed by atoms with Crippen LogP contribution in [-0.2, 0) is 4.74 Å². The van der Waals surface area contributed by atoms with E-state index in [2.05, 4.69) is 4.74 Å². The number of hydrogen-bond acceptors (Lipinski definition) is 1. The maximum Gasteiger partial charge on any atom is 0.121 e. The number of halogens is 2. The van der Waals surface area contributed by atoms with E-state index in [-0.39, 0.29) is 6.61 Å². The lowest BCUT2D eigenvalue weighted by atomic mass is 10.4. The molecule has 3 heteroatoms. The van der Waals surface area contributed by atoms with Crippen molar-refractivity contribution in [2.45, 2.75) is 0 Å². The molecule has 0 aliphatic rings. The fourth-order valence-corrected chi connectivity index (χ4v) is 0.388. The minimum Gasteiger partial charge on any atom is -0.381 e. The van der Waals surface area contributed by atoms with Crippen molar-refractivity contribution in [1.82, 2.24) is 0 Å². The Balaban J connectivity index is 3.59. The zero-order valence-electron chi connectivity index (χ0n) is 5.81. The molecule has 1 nitrogen and oxygen atoms in total. The standard InChI is InChI=1S/C7H10F2O/c1-10-6-4-7(9)3-2-5-8/h2-4H,5-6H2,1H3/b3-2-,7-4+. The minimum absolute atomic E-state index is 0.211. The van der Waals surface area contributed by atoms with Crippen LogP contribution < -0.4 is 0 Å². The van der Waals surface area contributed by atoms with Gasteiger partial charge in [-0.25, -0.2) is 8.78 Å². The topological polar surface area (TPSA) is 9.23 Å². The first kappa shape index (κ1) is 9.30. The lowest BCUT2D eigenvalue weighted by Gasteiger charge is -1.87. The maximum absolute atomic E-state index is 12.3. The second-order valence-electron chi connectivity index (χ2n) is 1.60. The first-order valence-electron chi connectivity index (χ1n) is 2.88. The molecule has 0 aliphatic carbocycles. The summed E-state index contributed by atoms with van der Waals surface area (Å²) >= 11 is 0. The van der Waals surface area contributed by atoms with Gasteiger partial charge in [0.15, 0.2) is 0 Å². The van der Waals surface area contributed by atoms with Crippen molar-refractivity contribution in [3.8, 4) is 0 Å². The fraction of sp³-hybridized carbons (Fsp3) is 0.429. The van der Waals surface area contributed by atoms with Gasteiger partial charge in [-0.2, -0.15) is 0 Å². The summed E-state index contributed by atoms with van der Waals surface area (Å²) in [7, 11) is 1.46. The van der Waals surface area contributed by atoms with Gasteiger partial charge in [0, 0.05) is 7.11 Å². The van der Waals surface area contributed by atoms with Crippen molar-refractivity contribution < 1.29 is 13.5 Å². The number of alkyl halides is 1. The molecule has 0 spiro atoms. The molecule has 0 aromatic rings. The van der Waals surface area contributed by atoms with Crippen molar-refractivity contribution in [3.05, 3.63) is 24.1 Å². The molecule has 0 saturated heterocycles. The molecule has 10 heavy (non-hydrogen) atoms. The van der Waals surface area contributed by atoms with Crippen LogP contribution in [0.1, 0.15) is 0 Å². The van der Waals surface area contributed by atoms with Crippen LogP contribution in [-0.4, -0.2) is 20.4 Å². The van der Waals surface area contributed by atoms with E-state index in [4.69, 9.17) is 0 Å². The van der Waals surface area contributed by atoms with Crippen LogP contribution in [0.3, 0.4) is 0 Å². The van der Waals surface area contributed by atoms with Crippen molar-refractivity contribution >= 4 is 0 Å².